The molecule has 7 nitrogen and oxygen atoms in total. The molecule has 1 aromatic carbocycles. The average molecular weight is 442 g/mol. The van der Waals surface area contributed by atoms with Crippen molar-refractivity contribution in [2.75, 3.05) is 25.1 Å². The van der Waals surface area contributed by atoms with Crippen molar-refractivity contribution >= 4 is 23.1 Å². The van der Waals surface area contributed by atoms with Crippen LogP contribution in [0.2, 0.25) is 0 Å². The number of alkyl halides is 1. The average Bonchev–Trinajstić information content (AvgIpc) is 3.49. The van der Waals surface area contributed by atoms with Crippen molar-refractivity contribution in [1.29, 1.82) is 5.26 Å². The third kappa shape index (κ3) is 3.68. The molecule has 0 bridgehead atoms. The monoisotopic (exact) mass is 442 g/mol. The van der Waals surface area contributed by atoms with Crippen molar-refractivity contribution < 1.29 is 18.3 Å². The van der Waals surface area contributed by atoms with E-state index in [9.17, 15) is 14.4 Å². The van der Waals surface area contributed by atoms with E-state index in [1.165, 1.54) is 13.3 Å². The molecule has 0 aliphatic carbocycles. The van der Waals surface area contributed by atoms with Gasteiger partial charge in [0, 0.05) is 43.2 Å². The summed E-state index contributed by atoms with van der Waals surface area (Å²) in [6, 6.07) is 12.9. The van der Waals surface area contributed by atoms with Crippen molar-refractivity contribution in [3.05, 3.63) is 60.0 Å². The molecule has 1 atom stereocenters. The Morgan fingerprint density at radius 2 is 2.12 bits per heavy atom. The summed E-state index contributed by atoms with van der Waals surface area (Å²) in [7, 11) is 1.51. The Labute approximate surface area is 189 Å². The molecule has 4 heterocycles. The van der Waals surface area contributed by atoms with E-state index < -0.39 is 6.17 Å². The molecule has 0 radical (unpaired) electrons. The molecule has 1 fully saturated rings. The Hall–Kier alpha value is -4.25. The first-order valence-electron chi connectivity index (χ1n) is 10.4. The molecule has 0 spiro atoms. The number of hydrogen-bond donors (Lipinski definition) is 0. The Bertz CT molecular complexity index is 1410. The topological polar surface area (TPSA) is 92.2 Å². The summed E-state index contributed by atoms with van der Waals surface area (Å²) in [5.41, 5.74) is 4.81. The van der Waals surface area contributed by atoms with E-state index in [1.54, 1.807) is 24.4 Å². The molecule has 0 amide bonds. The summed E-state index contributed by atoms with van der Waals surface area (Å²) in [6.07, 6.45) is 3.45. The summed E-state index contributed by atoms with van der Waals surface area (Å²) >= 11 is 0. The number of nitrogens with zero attached hydrogens (tertiary/aromatic N) is 4. The van der Waals surface area contributed by atoms with Gasteiger partial charge < -0.3 is 14.1 Å². The minimum absolute atomic E-state index is 0.256. The number of methoxy groups -OCH3 is 1. The summed E-state index contributed by atoms with van der Waals surface area (Å²) < 4.78 is 25.2. The zero-order valence-electron chi connectivity index (χ0n) is 17.8. The van der Waals surface area contributed by atoms with Crippen molar-refractivity contribution in [2.24, 2.45) is 0 Å². The number of fused-ring (bicyclic) bond motifs is 1. The maximum absolute atomic E-state index is 13.7. The Balaban J connectivity index is 1.59. The Kier molecular flexibility index (Phi) is 5.23. The third-order valence-corrected chi connectivity index (χ3v) is 5.80. The fourth-order valence-electron chi connectivity index (χ4n) is 4.17. The molecule has 1 aliphatic rings. The molecular formula is C25H19FN4O3. The van der Waals surface area contributed by atoms with Crippen molar-refractivity contribution in [1.82, 2.24) is 9.97 Å². The van der Waals surface area contributed by atoms with Gasteiger partial charge in [0.05, 0.1) is 23.9 Å². The van der Waals surface area contributed by atoms with Gasteiger partial charge in [0.25, 0.3) is 0 Å². The molecule has 1 unspecified atom stereocenters. The number of rotatable bonds is 5. The number of nitriles is 1. The highest BCUT2D eigenvalue weighted by atomic mass is 19.1. The van der Waals surface area contributed by atoms with Crippen LogP contribution in [0, 0.1) is 11.3 Å². The molecule has 0 N–H and O–H groups in total. The molecule has 3 aromatic heterocycles. The zero-order valence-corrected chi connectivity index (χ0v) is 17.8. The highest BCUT2D eigenvalue weighted by molar-refractivity contribution is 5.93. The lowest BCUT2D eigenvalue weighted by atomic mass is 10.0. The fraction of sp³-hybridized carbons (Fsp3) is 0.200. The van der Waals surface area contributed by atoms with E-state index in [-0.39, 0.29) is 5.69 Å². The number of pyridine rings is 2. The SMILES string of the molecule is COc1cc(C=O)ncc1-c1cc2nccc(-c3ccc(N4CCC(F)C4)c(C#N)c3)c2o1. The number of furan rings is 1. The van der Waals surface area contributed by atoms with E-state index in [0.29, 0.717) is 59.5 Å². The van der Waals surface area contributed by atoms with Crippen molar-refractivity contribution in [2.45, 2.75) is 12.6 Å². The van der Waals surface area contributed by atoms with Crippen LogP contribution >= 0.6 is 0 Å². The minimum Gasteiger partial charge on any atom is -0.496 e. The second-order valence-corrected chi connectivity index (χ2v) is 7.79. The first-order valence-corrected chi connectivity index (χ1v) is 10.4. The van der Waals surface area contributed by atoms with Crippen LogP contribution in [0.5, 0.6) is 5.75 Å². The van der Waals surface area contributed by atoms with E-state index >= 15 is 0 Å². The van der Waals surface area contributed by atoms with Crippen molar-refractivity contribution in [3.63, 3.8) is 0 Å². The first-order chi connectivity index (χ1) is 16.1. The quantitative estimate of drug-likeness (QED) is 0.410. The first kappa shape index (κ1) is 20.6. The molecule has 4 aromatic rings. The van der Waals surface area contributed by atoms with Gasteiger partial charge in [-0.3, -0.25) is 14.8 Å². The van der Waals surface area contributed by atoms with Crippen molar-refractivity contribution in [3.8, 4) is 34.3 Å². The van der Waals surface area contributed by atoms with Crippen LogP contribution in [-0.4, -0.2) is 42.6 Å². The second kappa shape index (κ2) is 8.36. The van der Waals surface area contributed by atoms with Gasteiger partial charge in [-0.25, -0.2) is 4.39 Å². The van der Waals surface area contributed by atoms with Crippen LogP contribution < -0.4 is 9.64 Å². The molecule has 5 rings (SSSR count). The molecule has 0 saturated carbocycles. The van der Waals surface area contributed by atoms with Gasteiger partial charge in [0.2, 0.25) is 0 Å². The van der Waals surface area contributed by atoms with Gasteiger partial charge in [-0.05, 0) is 30.2 Å². The minimum atomic E-state index is -0.871. The molecule has 1 aliphatic heterocycles. The predicted molar refractivity (Wildman–Crippen MR) is 121 cm³/mol. The zero-order chi connectivity index (χ0) is 22.9. The van der Waals surface area contributed by atoms with Gasteiger partial charge >= 0.3 is 0 Å². The highest BCUT2D eigenvalue weighted by Crippen LogP contribution is 2.38. The molecular weight excluding hydrogens is 423 g/mol. The number of carbonyl (C=O) groups excluding carboxylic acids is 1. The number of carbonyl (C=O) groups is 1. The number of aldehydes is 1. The van der Waals surface area contributed by atoms with E-state index in [4.69, 9.17) is 9.15 Å². The smallest absolute Gasteiger partial charge is 0.168 e. The summed E-state index contributed by atoms with van der Waals surface area (Å²) in [6.45, 7) is 0.892. The molecule has 164 valence electrons. The van der Waals surface area contributed by atoms with E-state index in [2.05, 4.69) is 16.0 Å². The highest BCUT2D eigenvalue weighted by Gasteiger charge is 2.24. The second-order valence-electron chi connectivity index (χ2n) is 7.79. The normalized spacial score (nSPS) is 15.5. The summed E-state index contributed by atoms with van der Waals surface area (Å²) in [5, 5.41) is 9.73. The lowest BCUT2D eigenvalue weighted by molar-refractivity contribution is 0.111. The van der Waals surface area contributed by atoms with Gasteiger partial charge in [0.15, 0.2) is 11.9 Å². The molecule has 1 saturated heterocycles. The van der Waals surface area contributed by atoms with Gasteiger partial charge in [0.1, 0.15) is 35.0 Å². The molecule has 33 heavy (non-hydrogen) atoms. The maximum Gasteiger partial charge on any atom is 0.168 e. The van der Waals surface area contributed by atoms with Crippen LogP contribution in [-0.2, 0) is 0 Å². The summed E-state index contributed by atoms with van der Waals surface area (Å²) in [4.78, 5) is 21.5. The van der Waals surface area contributed by atoms with E-state index in [0.717, 1.165) is 16.8 Å². The number of hydrogen-bond acceptors (Lipinski definition) is 7. The largest absolute Gasteiger partial charge is 0.496 e. The maximum atomic E-state index is 13.7. The number of benzene rings is 1. The van der Waals surface area contributed by atoms with Crippen LogP contribution in [0.4, 0.5) is 10.1 Å². The Morgan fingerprint density at radius 3 is 2.85 bits per heavy atom. The fourth-order valence-corrected chi connectivity index (χ4v) is 4.17. The van der Waals surface area contributed by atoms with E-state index in [1.807, 2.05) is 23.1 Å². The molecule has 8 heteroatoms. The Morgan fingerprint density at radius 1 is 1.24 bits per heavy atom. The third-order valence-electron chi connectivity index (χ3n) is 5.80. The standard InChI is InChI=1S/C25H19FN4O3/c1-32-23-9-18(14-31)29-12-20(23)24-10-21-25(33-24)19(4-6-28-21)15-2-3-22(16(8-15)11-27)30-7-5-17(26)13-30/h2-4,6,8-10,12,14,17H,5,7,13H2,1H3. The summed E-state index contributed by atoms with van der Waals surface area (Å²) in [5.74, 6) is 0.954. The number of halogens is 1. The van der Waals surface area contributed by atoms with Crippen LogP contribution in [0.1, 0.15) is 22.5 Å². The number of ether oxygens (including phenoxy) is 1. The lowest BCUT2D eigenvalue weighted by Crippen LogP contribution is -2.20. The predicted octanol–water partition coefficient (Wildman–Crippen LogP) is 4.80. The van der Waals surface area contributed by atoms with Crippen LogP contribution in [0.25, 0.3) is 33.6 Å². The van der Waals surface area contributed by atoms with Crippen LogP contribution in [0.15, 0.2) is 53.2 Å². The van der Waals surface area contributed by atoms with Gasteiger partial charge in [-0.15, -0.1) is 0 Å². The number of aromatic nitrogens is 2. The van der Waals surface area contributed by atoms with Crippen LogP contribution in [0.3, 0.4) is 0 Å². The lowest BCUT2D eigenvalue weighted by Gasteiger charge is -2.19. The number of anilines is 1. The van der Waals surface area contributed by atoms with Gasteiger partial charge in [-0.2, -0.15) is 5.26 Å². The van der Waals surface area contributed by atoms with Gasteiger partial charge in [-0.1, -0.05) is 6.07 Å².